The van der Waals surface area contributed by atoms with Crippen molar-refractivity contribution in [2.45, 2.75) is 58.6 Å². The number of pyridine rings is 1. The highest BCUT2D eigenvalue weighted by atomic mass is 16.5. The minimum atomic E-state index is -0.943. The smallest absolute Gasteiger partial charge is 0.339 e. The van der Waals surface area contributed by atoms with Crippen molar-refractivity contribution in [3.05, 3.63) is 53.3 Å². The molecule has 1 amide bonds. The van der Waals surface area contributed by atoms with E-state index in [1.807, 2.05) is 31.2 Å². The SMILES string of the molecule is CC[C@H](C)n1nccc1NC(=O)[C@@H](C)OC(=O)c1c2c(nc3ccccc13)CCC2. The molecule has 0 fully saturated rings. The molecule has 3 aromatic rings. The second kappa shape index (κ2) is 8.26. The number of amides is 1. The van der Waals surface area contributed by atoms with E-state index in [2.05, 4.69) is 17.3 Å². The molecular weight excluding hydrogens is 380 g/mol. The van der Waals surface area contributed by atoms with Crippen molar-refractivity contribution in [3.63, 3.8) is 0 Å². The highest BCUT2D eigenvalue weighted by molar-refractivity contribution is 6.06. The van der Waals surface area contributed by atoms with E-state index in [0.717, 1.165) is 47.8 Å². The summed E-state index contributed by atoms with van der Waals surface area (Å²) in [5.74, 6) is -0.277. The van der Waals surface area contributed by atoms with Crippen LogP contribution in [0.15, 0.2) is 36.5 Å². The lowest BCUT2D eigenvalue weighted by Gasteiger charge is -2.18. The lowest BCUT2D eigenvalue weighted by molar-refractivity contribution is -0.123. The molecule has 0 saturated carbocycles. The molecule has 1 aromatic carbocycles. The van der Waals surface area contributed by atoms with Crippen molar-refractivity contribution in [1.29, 1.82) is 0 Å². The topological polar surface area (TPSA) is 86.1 Å². The largest absolute Gasteiger partial charge is 0.449 e. The summed E-state index contributed by atoms with van der Waals surface area (Å²) >= 11 is 0. The molecule has 2 heterocycles. The van der Waals surface area contributed by atoms with Crippen LogP contribution in [0.2, 0.25) is 0 Å². The van der Waals surface area contributed by atoms with Gasteiger partial charge in [0, 0.05) is 17.1 Å². The van der Waals surface area contributed by atoms with Gasteiger partial charge >= 0.3 is 5.97 Å². The van der Waals surface area contributed by atoms with Gasteiger partial charge in [-0.2, -0.15) is 5.10 Å². The van der Waals surface area contributed by atoms with Crippen LogP contribution >= 0.6 is 0 Å². The third kappa shape index (κ3) is 3.67. The molecular formula is C23H26N4O3. The van der Waals surface area contributed by atoms with Crippen molar-refractivity contribution in [1.82, 2.24) is 14.8 Å². The van der Waals surface area contributed by atoms with E-state index in [0.29, 0.717) is 11.4 Å². The number of nitrogens with zero attached hydrogens (tertiary/aromatic N) is 3. The Labute approximate surface area is 175 Å². The molecule has 0 radical (unpaired) electrons. The average Bonchev–Trinajstić information content (AvgIpc) is 3.40. The van der Waals surface area contributed by atoms with E-state index < -0.39 is 12.1 Å². The minimum Gasteiger partial charge on any atom is -0.449 e. The number of rotatable bonds is 6. The quantitative estimate of drug-likeness (QED) is 0.624. The van der Waals surface area contributed by atoms with Gasteiger partial charge in [0.1, 0.15) is 5.82 Å². The summed E-state index contributed by atoms with van der Waals surface area (Å²) in [7, 11) is 0. The Morgan fingerprint density at radius 1 is 1.20 bits per heavy atom. The Balaban J connectivity index is 1.55. The lowest BCUT2D eigenvalue weighted by atomic mass is 10.0. The number of hydrogen-bond acceptors (Lipinski definition) is 5. The molecule has 0 aliphatic heterocycles. The fraction of sp³-hybridized carbons (Fsp3) is 0.391. The van der Waals surface area contributed by atoms with E-state index in [-0.39, 0.29) is 11.9 Å². The van der Waals surface area contributed by atoms with E-state index in [1.54, 1.807) is 23.9 Å². The van der Waals surface area contributed by atoms with Gasteiger partial charge in [-0.25, -0.2) is 9.48 Å². The molecule has 1 N–H and O–H groups in total. The molecule has 4 rings (SSSR count). The second-order valence-corrected chi connectivity index (χ2v) is 7.74. The van der Waals surface area contributed by atoms with Gasteiger partial charge in [-0.05, 0) is 51.2 Å². The lowest BCUT2D eigenvalue weighted by Crippen LogP contribution is -2.31. The van der Waals surface area contributed by atoms with Crippen LogP contribution in [0.1, 0.15) is 61.3 Å². The summed E-state index contributed by atoms with van der Waals surface area (Å²) in [5, 5.41) is 7.86. The summed E-state index contributed by atoms with van der Waals surface area (Å²) in [6.45, 7) is 5.67. The van der Waals surface area contributed by atoms with E-state index >= 15 is 0 Å². The van der Waals surface area contributed by atoms with Crippen LogP contribution < -0.4 is 5.32 Å². The highest BCUT2D eigenvalue weighted by Gasteiger charge is 2.27. The fourth-order valence-corrected chi connectivity index (χ4v) is 3.88. The van der Waals surface area contributed by atoms with Crippen LogP contribution in [0.3, 0.4) is 0 Å². The Bertz CT molecular complexity index is 1110. The molecule has 2 aromatic heterocycles. The fourth-order valence-electron chi connectivity index (χ4n) is 3.88. The number of carbonyl (C=O) groups is 2. The number of ether oxygens (including phenoxy) is 1. The van der Waals surface area contributed by atoms with E-state index in [1.165, 1.54) is 0 Å². The Morgan fingerprint density at radius 3 is 2.80 bits per heavy atom. The maximum Gasteiger partial charge on any atom is 0.339 e. The van der Waals surface area contributed by atoms with Crippen molar-refractivity contribution in [2.24, 2.45) is 0 Å². The number of esters is 1. The van der Waals surface area contributed by atoms with Gasteiger partial charge in [-0.3, -0.25) is 9.78 Å². The van der Waals surface area contributed by atoms with Crippen molar-refractivity contribution < 1.29 is 14.3 Å². The average molecular weight is 406 g/mol. The number of benzene rings is 1. The maximum absolute atomic E-state index is 13.1. The van der Waals surface area contributed by atoms with Gasteiger partial charge in [0.25, 0.3) is 5.91 Å². The summed E-state index contributed by atoms with van der Waals surface area (Å²) in [6, 6.07) is 9.46. The van der Waals surface area contributed by atoms with Crippen molar-refractivity contribution in [3.8, 4) is 0 Å². The number of hydrogen-bond donors (Lipinski definition) is 1. The summed E-state index contributed by atoms with van der Waals surface area (Å²) in [6.07, 6.45) is 4.21. The third-order valence-electron chi connectivity index (χ3n) is 5.71. The van der Waals surface area contributed by atoms with Crippen LogP contribution in [-0.4, -0.2) is 32.7 Å². The van der Waals surface area contributed by atoms with Crippen LogP contribution in [0, 0.1) is 0 Å². The van der Waals surface area contributed by atoms with Crippen molar-refractivity contribution >= 4 is 28.6 Å². The van der Waals surface area contributed by atoms with Gasteiger partial charge in [-0.1, -0.05) is 25.1 Å². The first-order valence-corrected chi connectivity index (χ1v) is 10.5. The Hall–Kier alpha value is -3.22. The number of anilines is 1. The number of para-hydroxylation sites is 1. The first-order valence-electron chi connectivity index (χ1n) is 10.5. The number of nitrogens with one attached hydrogen (secondary N) is 1. The molecule has 0 spiro atoms. The second-order valence-electron chi connectivity index (χ2n) is 7.74. The van der Waals surface area contributed by atoms with Crippen LogP contribution in [-0.2, 0) is 22.4 Å². The van der Waals surface area contributed by atoms with Crippen LogP contribution in [0.25, 0.3) is 10.9 Å². The first kappa shape index (κ1) is 20.1. The predicted octanol–water partition coefficient (Wildman–Crippen LogP) is 4.08. The zero-order chi connectivity index (χ0) is 21.3. The van der Waals surface area contributed by atoms with Crippen LogP contribution in [0.4, 0.5) is 5.82 Å². The zero-order valence-electron chi connectivity index (χ0n) is 17.5. The number of aromatic nitrogens is 3. The van der Waals surface area contributed by atoms with Gasteiger partial charge < -0.3 is 10.1 Å². The molecule has 0 saturated heterocycles. The van der Waals surface area contributed by atoms with E-state index in [9.17, 15) is 9.59 Å². The maximum atomic E-state index is 13.1. The Kier molecular flexibility index (Phi) is 5.53. The molecule has 1 aliphatic carbocycles. The zero-order valence-corrected chi connectivity index (χ0v) is 17.5. The summed E-state index contributed by atoms with van der Waals surface area (Å²) in [4.78, 5) is 30.5. The van der Waals surface area contributed by atoms with Crippen molar-refractivity contribution in [2.75, 3.05) is 5.32 Å². The minimum absolute atomic E-state index is 0.152. The molecule has 0 unspecified atom stereocenters. The summed E-state index contributed by atoms with van der Waals surface area (Å²) in [5.41, 5.74) is 3.22. The normalized spacial score (nSPS) is 14.9. The molecule has 30 heavy (non-hydrogen) atoms. The Morgan fingerprint density at radius 2 is 2.00 bits per heavy atom. The summed E-state index contributed by atoms with van der Waals surface area (Å²) < 4.78 is 7.36. The predicted molar refractivity (Wildman–Crippen MR) is 115 cm³/mol. The molecule has 1 aliphatic rings. The monoisotopic (exact) mass is 406 g/mol. The molecule has 7 nitrogen and oxygen atoms in total. The number of carbonyl (C=O) groups excluding carboxylic acids is 2. The van der Waals surface area contributed by atoms with Gasteiger partial charge in [0.05, 0.1) is 23.3 Å². The standard InChI is InChI=1S/C23H26N4O3/c1-4-14(2)27-20(12-13-24-27)26-22(28)15(3)30-23(29)21-16-8-5-6-10-18(16)25-19-11-7-9-17(19)21/h5-6,8,10,12-15H,4,7,9,11H2,1-3H3,(H,26,28)/t14-,15+/m0/s1. The number of fused-ring (bicyclic) bond motifs is 2. The molecule has 7 heteroatoms. The number of aryl methyl sites for hydroxylation is 1. The molecule has 0 bridgehead atoms. The first-order chi connectivity index (χ1) is 14.5. The molecule has 2 atom stereocenters. The van der Waals surface area contributed by atoms with Gasteiger partial charge in [-0.15, -0.1) is 0 Å². The third-order valence-corrected chi connectivity index (χ3v) is 5.71. The van der Waals surface area contributed by atoms with Gasteiger partial charge in [0.15, 0.2) is 6.10 Å². The van der Waals surface area contributed by atoms with E-state index in [4.69, 9.17) is 9.72 Å². The highest BCUT2D eigenvalue weighted by Crippen LogP contribution is 2.30. The molecule has 156 valence electrons. The van der Waals surface area contributed by atoms with Crippen LogP contribution in [0.5, 0.6) is 0 Å². The van der Waals surface area contributed by atoms with Gasteiger partial charge in [0.2, 0.25) is 0 Å².